The van der Waals surface area contributed by atoms with Crippen molar-refractivity contribution in [3.05, 3.63) is 56.3 Å². The summed E-state index contributed by atoms with van der Waals surface area (Å²) < 4.78 is 0.948. The number of aromatic nitrogens is 1. The Kier molecular flexibility index (Phi) is 3.29. The second-order valence-corrected chi connectivity index (χ2v) is 6.09. The van der Waals surface area contributed by atoms with E-state index in [1.807, 2.05) is 29.6 Å². The van der Waals surface area contributed by atoms with Crippen molar-refractivity contribution in [2.45, 2.75) is 13.3 Å². The number of hydrogen-bond donors (Lipinski definition) is 1. The highest BCUT2D eigenvalue weighted by Crippen LogP contribution is 2.30. The smallest absolute Gasteiger partial charge is 0.205 e. The van der Waals surface area contributed by atoms with Crippen LogP contribution < -0.4 is 0 Å². The molecule has 1 N–H and O–H groups in total. The predicted octanol–water partition coefficient (Wildman–Crippen LogP) is 4.79. The van der Waals surface area contributed by atoms with Gasteiger partial charge in [0.1, 0.15) is 0 Å². The average Bonchev–Trinajstić information content (AvgIpc) is 3.05. The van der Waals surface area contributed by atoms with Crippen LogP contribution in [0.3, 0.4) is 0 Å². The van der Waals surface area contributed by atoms with Gasteiger partial charge in [-0.2, -0.15) is 0 Å². The largest absolute Gasteiger partial charge is 0.360 e. The maximum atomic E-state index is 12.7. The van der Waals surface area contributed by atoms with E-state index in [-0.39, 0.29) is 5.78 Å². The summed E-state index contributed by atoms with van der Waals surface area (Å²) >= 11 is 5.04. The molecule has 0 saturated heterocycles. The van der Waals surface area contributed by atoms with E-state index in [9.17, 15) is 4.79 Å². The van der Waals surface area contributed by atoms with Crippen LogP contribution in [-0.2, 0) is 6.42 Å². The fourth-order valence-electron chi connectivity index (χ4n) is 2.25. The number of rotatable bonds is 3. The molecule has 0 amide bonds. The molecule has 2 aromatic heterocycles. The lowest BCUT2D eigenvalue weighted by molar-refractivity contribution is 0.104. The number of aryl methyl sites for hydroxylation is 1. The fraction of sp³-hybridized carbons (Fsp3) is 0.133. The van der Waals surface area contributed by atoms with Gasteiger partial charge in [0.15, 0.2) is 0 Å². The van der Waals surface area contributed by atoms with Crippen molar-refractivity contribution in [3.8, 4) is 0 Å². The SMILES string of the molecule is CCc1ccsc1C(=O)c1c[nH]c2cccc(Br)c12. The fourth-order valence-corrected chi connectivity index (χ4v) is 3.78. The van der Waals surface area contributed by atoms with Gasteiger partial charge in [-0.1, -0.05) is 28.9 Å². The number of hydrogen-bond acceptors (Lipinski definition) is 2. The topological polar surface area (TPSA) is 32.9 Å². The van der Waals surface area contributed by atoms with Gasteiger partial charge in [-0.15, -0.1) is 11.3 Å². The van der Waals surface area contributed by atoms with Crippen LogP contribution in [0.1, 0.15) is 27.7 Å². The first-order chi connectivity index (χ1) is 9.22. The molecule has 0 aliphatic rings. The van der Waals surface area contributed by atoms with Crippen LogP contribution in [-0.4, -0.2) is 10.8 Å². The van der Waals surface area contributed by atoms with Crippen LogP contribution in [0.15, 0.2) is 40.3 Å². The van der Waals surface area contributed by atoms with Crippen molar-refractivity contribution in [3.63, 3.8) is 0 Å². The Morgan fingerprint density at radius 3 is 3.00 bits per heavy atom. The Bertz CT molecular complexity index is 756. The Morgan fingerprint density at radius 1 is 1.37 bits per heavy atom. The second-order valence-electron chi connectivity index (χ2n) is 4.32. The van der Waals surface area contributed by atoms with E-state index in [1.54, 1.807) is 6.20 Å². The summed E-state index contributed by atoms with van der Waals surface area (Å²) in [6.45, 7) is 2.07. The van der Waals surface area contributed by atoms with Gasteiger partial charge in [0.25, 0.3) is 0 Å². The average molecular weight is 334 g/mol. The number of carbonyl (C=O) groups excluding carboxylic acids is 1. The maximum absolute atomic E-state index is 12.7. The molecule has 0 fully saturated rings. The van der Waals surface area contributed by atoms with E-state index in [0.717, 1.165) is 37.8 Å². The summed E-state index contributed by atoms with van der Waals surface area (Å²) in [4.78, 5) is 16.7. The van der Waals surface area contributed by atoms with Crippen LogP contribution in [0.2, 0.25) is 0 Å². The van der Waals surface area contributed by atoms with Crippen molar-refractivity contribution in [1.82, 2.24) is 4.98 Å². The first kappa shape index (κ1) is 12.6. The number of aromatic amines is 1. The molecule has 4 heteroatoms. The highest BCUT2D eigenvalue weighted by atomic mass is 79.9. The molecule has 2 nitrogen and oxygen atoms in total. The minimum atomic E-state index is 0.102. The zero-order valence-electron chi connectivity index (χ0n) is 10.4. The predicted molar refractivity (Wildman–Crippen MR) is 83.1 cm³/mol. The zero-order chi connectivity index (χ0) is 13.4. The van der Waals surface area contributed by atoms with Gasteiger partial charge in [-0.25, -0.2) is 0 Å². The van der Waals surface area contributed by atoms with Crippen LogP contribution >= 0.6 is 27.3 Å². The van der Waals surface area contributed by atoms with Crippen molar-refractivity contribution in [2.75, 3.05) is 0 Å². The number of fused-ring (bicyclic) bond motifs is 1. The molecule has 3 rings (SSSR count). The minimum absolute atomic E-state index is 0.102. The summed E-state index contributed by atoms with van der Waals surface area (Å²) in [6, 6.07) is 7.93. The quantitative estimate of drug-likeness (QED) is 0.687. The number of ketones is 1. The standard InChI is InChI=1S/C15H12BrNOS/c1-2-9-6-7-19-15(9)14(18)10-8-17-12-5-3-4-11(16)13(10)12/h3-8,17H,2H2,1H3. The van der Waals surface area contributed by atoms with Gasteiger partial charge < -0.3 is 4.98 Å². The van der Waals surface area contributed by atoms with Crippen molar-refractivity contribution >= 4 is 44.0 Å². The van der Waals surface area contributed by atoms with Gasteiger partial charge in [0.05, 0.1) is 4.88 Å². The monoisotopic (exact) mass is 333 g/mol. The first-order valence-electron chi connectivity index (χ1n) is 6.09. The minimum Gasteiger partial charge on any atom is -0.360 e. The summed E-state index contributed by atoms with van der Waals surface area (Å²) in [6.07, 6.45) is 2.69. The zero-order valence-corrected chi connectivity index (χ0v) is 12.8. The molecular weight excluding hydrogens is 322 g/mol. The van der Waals surface area contributed by atoms with Crippen LogP contribution in [0.4, 0.5) is 0 Å². The lowest BCUT2D eigenvalue weighted by Gasteiger charge is -2.01. The summed E-state index contributed by atoms with van der Waals surface area (Å²) in [5, 5.41) is 2.94. The number of halogens is 1. The molecule has 19 heavy (non-hydrogen) atoms. The molecule has 3 aromatic rings. The first-order valence-corrected chi connectivity index (χ1v) is 7.76. The number of carbonyl (C=O) groups is 1. The van der Waals surface area contributed by atoms with Crippen molar-refractivity contribution in [2.24, 2.45) is 0 Å². The van der Waals surface area contributed by atoms with Crippen molar-refractivity contribution < 1.29 is 4.79 Å². The molecule has 0 spiro atoms. The van der Waals surface area contributed by atoms with Crippen molar-refractivity contribution in [1.29, 1.82) is 0 Å². The van der Waals surface area contributed by atoms with E-state index in [1.165, 1.54) is 11.3 Å². The lowest BCUT2D eigenvalue weighted by atomic mass is 10.0. The molecule has 0 aliphatic carbocycles. The molecular formula is C15H12BrNOS. The number of benzene rings is 1. The third-order valence-corrected chi connectivity index (χ3v) is 4.85. The van der Waals surface area contributed by atoms with Crippen LogP contribution in [0.25, 0.3) is 10.9 Å². The molecule has 0 bridgehead atoms. The highest BCUT2D eigenvalue weighted by molar-refractivity contribution is 9.10. The molecule has 0 radical (unpaired) electrons. The molecule has 96 valence electrons. The van der Waals surface area contributed by atoms with E-state index in [2.05, 4.69) is 27.8 Å². The van der Waals surface area contributed by atoms with Gasteiger partial charge in [0, 0.05) is 27.1 Å². The number of nitrogens with one attached hydrogen (secondary N) is 1. The Hall–Kier alpha value is -1.39. The van der Waals surface area contributed by atoms with E-state index >= 15 is 0 Å². The molecule has 1 aromatic carbocycles. The molecule has 0 unspecified atom stereocenters. The summed E-state index contributed by atoms with van der Waals surface area (Å²) in [7, 11) is 0. The normalized spacial score (nSPS) is 11.1. The molecule has 2 heterocycles. The molecule has 0 atom stereocenters. The van der Waals surface area contributed by atoms with E-state index in [4.69, 9.17) is 0 Å². The highest BCUT2D eigenvalue weighted by Gasteiger charge is 2.19. The molecule has 0 aliphatic heterocycles. The van der Waals surface area contributed by atoms with Gasteiger partial charge in [-0.05, 0) is 35.6 Å². The Balaban J connectivity index is 2.17. The lowest BCUT2D eigenvalue weighted by Crippen LogP contribution is -2.00. The second kappa shape index (κ2) is 4.94. The van der Waals surface area contributed by atoms with E-state index < -0.39 is 0 Å². The number of thiophene rings is 1. The van der Waals surface area contributed by atoms with Gasteiger partial charge in [-0.3, -0.25) is 4.79 Å². The summed E-state index contributed by atoms with van der Waals surface area (Å²) in [5.74, 6) is 0.102. The van der Waals surface area contributed by atoms with E-state index in [0.29, 0.717) is 0 Å². The summed E-state index contributed by atoms with van der Waals surface area (Å²) in [5.41, 5.74) is 2.84. The van der Waals surface area contributed by atoms with Gasteiger partial charge in [0.2, 0.25) is 5.78 Å². The van der Waals surface area contributed by atoms with Gasteiger partial charge >= 0.3 is 0 Å². The Morgan fingerprint density at radius 2 is 2.21 bits per heavy atom. The Labute approximate surface area is 123 Å². The third kappa shape index (κ3) is 2.05. The van der Waals surface area contributed by atoms with Crippen LogP contribution in [0, 0.1) is 0 Å². The third-order valence-electron chi connectivity index (χ3n) is 3.23. The maximum Gasteiger partial charge on any atom is 0.205 e. The molecule has 0 saturated carbocycles. The van der Waals surface area contributed by atoms with Crippen LogP contribution in [0.5, 0.6) is 0 Å². The number of H-pyrrole nitrogens is 1.